The molecule has 0 spiro atoms. The second kappa shape index (κ2) is 27.4. The summed E-state index contributed by atoms with van der Waals surface area (Å²) in [6.45, 7) is 6.27. The van der Waals surface area contributed by atoms with Gasteiger partial charge in [0.1, 0.15) is 0 Å². The second-order valence-electron chi connectivity index (χ2n) is 7.39. The first-order valence-electron chi connectivity index (χ1n) is 11.3. The van der Waals surface area contributed by atoms with Gasteiger partial charge >= 0.3 is 0 Å². The lowest BCUT2D eigenvalue weighted by Gasteiger charge is -2.06. The second-order valence-corrected chi connectivity index (χ2v) is 7.39. The van der Waals surface area contributed by atoms with E-state index in [1.807, 2.05) is 0 Å². The van der Waals surface area contributed by atoms with Crippen LogP contribution in [0.25, 0.3) is 0 Å². The topological polar surface area (TPSA) is 41.5 Å². The maximum atomic E-state index is 8.66. The number of aliphatic hydroxyl groups is 1. The van der Waals surface area contributed by atoms with Crippen LogP contribution in [-0.2, 0) is 4.74 Å². The molecule has 26 heavy (non-hydrogen) atoms. The van der Waals surface area contributed by atoms with Gasteiger partial charge in [0.25, 0.3) is 0 Å². The smallest absolute Gasteiger partial charge is 0.0478 e. The van der Waals surface area contributed by atoms with Crippen LogP contribution in [0.3, 0.4) is 0 Å². The van der Waals surface area contributed by atoms with Gasteiger partial charge in [-0.3, -0.25) is 0 Å². The van der Waals surface area contributed by atoms with Gasteiger partial charge in [0, 0.05) is 19.8 Å². The SMILES string of the molecule is CCCCCCCCCCCCCCCCOCCCNCCCO.Cl. The fourth-order valence-electron chi connectivity index (χ4n) is 3.13. The van der Waals surface area contributed by atoms with Gasteiger partial charge in [-0.05, 0) is 32.4 Å². The van der Waals surface area contributed by atoms with Crippen LogP contribution < -0.4 is 5.32 Å². The lowest BCUT2D eigenvalue weighted by atomic mass is 10.0. The normalized spacial score (nSPS) is 10.8. The molecule has 2 N–H and O–H groups in total. The summed E-state index contributed by atoms with van der Waals surface area (Å²) in [5.41, 5.74) is 0. The van der Waals surface area contributed by atoms with Crippen LogP contribution in [-0.4, -0.2) is 38.0 Å². The van der Waals surface area contributed by atoms with E-state index in [1.165, 1.54) is 89.9 Å². The molecule has 4 heteroatoms. The molecule has 0 aliphatic carbocycles. The van der Waals surface area contributed by atoms with Crippen molar-refractivity contribution in [2.45, 2.75) is 110 Å². The first-order chi connectivity index (χ1) is 12.4. The molecule has 0 heterocycles. The first-order valence-corrected chi connectivity index (χ1v) is 11.3. The molecule has 0 saturated carbocycles. The van der Waals surface area contributed by atoms with Crippen LogP contribution in [0.15, 0.2) is 0 Å². The van der Waals surface area contributed by atoms with E-state index >= 15 is 0 Å². The Bertz CT molecular complexity index is 208. The number of ether oxygens (including phenoxy) is 1. The summed E-state index contributed by atoms with van der Waals surface area (Å²) in [6.07, 6.45) is 21.6. The van der Waals surface area contributed by atoms with Crippen LogP contribution in [0.1, 0.15) is 110 Å². The molecule has 160 valence electrons. The number of hydrogen-bond donors (Lipinski definition) is 2. The quantitative estimate of drug-likeness (QED) is 0.213. The van der Waals surface area contributed by atoms with E-state index in [0.29, 0.717) is 0 Å². The number of unbranched alkanes of at least 4 members (excludes halogenated alkanes) is 13. The Morgan fingerprint density at radius 2 is 1.00 bits per heavy atom. The standard InChI is InChI=1S/C22H47NO2.ClH/c1-2-3-4-5-6-7-8-9-10-11-12-13-14-15-21-25-22-17-19-23-18-16-20-24;/h23-24H,2-22H2,1H3;1H. The fourth-order valence-corrected chi connectivity index (χ4v) is 3.13. The van der Waals surface area contributed by atoms with Crippen molar-refractivity contribution in [1.29, 1.82) is 0 Å². The maximum Gasteiger partial charge on any atom is 0.0478 e. The maximum absolute atomic E-state index is 8.66. The van der Waals surface area contributed by atoms with E-state index < -0.39 is 0 Å². The number of rotatable bonds is 22. The van der Waals surface area contributed by atoms with E-state index in [0.717, 1.165) is 39.1 Å². The number of aliphatic hydroxyl groups excluding tert-OH is 1. The third-order valence-electron chi connectivity index (χ3n) is 4.80. The van der Waals surface area contributed by atoms with Crippen molar-refractivity contribution >= 4 is 12.4 Å². The average Bonchev–Trinajstić information content (AvgIpc) is 2.63. The first kappa shape index (κ1) is 28.4. The van der Waals surface area contributed by atoms with Crippen LogP contribution >= 0.6 is 12.4 Å². The molecule has 0 aromatic rings. The van der Waals surface area contributed by atoms with Crippen LogP contribution in [0.2, 0.25) is 0 Å². The van der Waals surface area contributed by atoms with E-state index in [-0.39, 0.29) is 19.0 Å². The molecule has 0 aromatic carbocycles. The summed E-state index contributed by atoms with van der Waals surface area (Å²) in [6, 6.07) is 0. The largest absolute Gasteiger partial charge is 0.396 e. The van der Waals surface area contributed by atoms with Gasteiger partial charge in [0.15, 0.2) is 0 Å². The molecule has 0 rings (SSSR count). The minimum absolute atomic E-state index is 0. The molecule has 0 bridgehead atoms. The minimum atomic E-state index is 0. The van der Waals surface area contributed by atoms with E-state index in [2.05, 4.69) is 12.2 Å². The molecule has 0 fully saturated rings. The average molecular weight is 394 g/mol. The molecule has 0 radical (unpaired) electrons. The highest BCUT2D eigenvalue weighted by Gasteiger charge is 1.95. The monoisotopic (exact) mass is 393 g/mol. The van der Waals surface area contributed by atoms with Gasteiger partial charge in [-0.1, -0.05) is 90.4 Å². The molecule has 0 aromatic heterocycles. The van der Waals surface area contributed by atoms with E-state index in [9.17, 15) is 0 Å². The molecule has 3 nitrogen and oxygen atoms in total. The lowest BCUT2D eigenvalue weighted by molar-refractivity contribution is 0.127. The summed E-state index contributed by atoms with van der Waals surface area (Å²) < 4.78 is 5.66. The van der Waals surface area contributed by atoms with Crippen LogP contribution in [0, 0.1) is 0 Å². The van der Waals surface area contributed by atoms with Crippen molar-refractivity contribution in [2.24, 2.45) is 0 Å². The Balaban J connectivity index is 0. The van der Waals surface area contributed by atoms with Crippen molar-refractivity contribution in [3.05, 3.63) is 0 Å². The van der Waals surface area contributed by atoms with E-state index in [4.69, 9.17) is 9.84 Å². The minimum Gasteiger partial charge on any atom is -0.396 e. The van der Waals surface area contributed by atoms with Gasteiger partial charge in [-0.25, -0.2) is 0 Å². The summed E-state index contributed by atoms with van der Waals surface area (Å²) in [4.78, 5) is 0. The van der Waals surface area contributed by atoms with Crippen molar-refractivity contribution in [2.75, 3.05) is 32.9 Å². The Morgan fingerprint density at radius 1 is 0.577 bits per heavy atom. The van der Waals surface area contributed by atoms with Crippen molar-refractivity contribution in [1.82, 2.24) is 5.32 Å². The zero-order chi connectivity index (χ0) is 18.3. The third kappa shape index (κ3) is 26.4. The zero-order valence-electron chi connectivity index (χ0n) is 17.6. The molecular formula is C22H48ClNO2. The molecule has 0 saturated heterocycles. The zero-order valence-corrected chi connectivity index (χ0v) is 18.4. The van der Waals surface area contributed by atoms with Crippen LogP contribution in [0.5, 0.6) is 0 Å². The van der Waals surface area contributed by atoms with Gasteiger partial charge in [-0.2, -0.15) is 0 Å². The number of halogens is 1. The number of nitrogens with one attached hydrogen (secondary N) is 1. The fraction of sp³-hybridized carbons (Fsp3) is 1.00. The summed E-state index contributed by atoms with van der Waals surface area (Å²) in [7, 11) is 0. The Kier molecular flexibility index (Phi) is 29.9. The molecular weight excluding hydrogens is 346 g/mol. The Hall–Kier alpha value is 0.170. The third-order valence-corrected chi connectivity index (χ3v) is 4.80. The van der Waals surface area contributed by atoms with Gasteiger partial charge in [-0.15, -0.1) is 12.4 Å². The van der Waals surface area contributed by atoms with E-state index in [1.54, 1.807) is 0 Å². The number of hydrogen-bond acceptors (Lipinski definition) is 3. The van der Waals surface area contributed by atoms with Crippen molar-refractivity contribution < 1.29 is 9.84 Å². The van der Waals surface area contributed by atoms with Crippen molar-refractivity contribution in [3.63, 3.8) is 0 Å². The van der Waals surface area contributed by atoms with Gasteiger partial charge in [0.2, 0.25) is 0 Å². The molecule has 0 amide bonds. The molecule has 0 aliphatic rings. The van der Waals surface area contributed by atoms with Crippen molar-refractivity contribution in [3.8, 4) is 0 Å². The highest BCUT2D eigenvalue weighted by molar-refractivity contribution is 5.85. The predicted molar refractivity (Wildman–Crippen MR) is 118 cm³/mol. The van der Waals surface area contributed by atoms with Gasteiger partial charge < -0.3 is 15.2 Å². The summed E-state index contributed by atoms with van der Waals surface area (Å²) in [5, 5.41) is 12.0. The predicted octanol–water partition coefficient (Wildman–Crippen LogP) is 6.27. The van der Waals surface area contributed by atoms with Gasteiger partial charge in [0.05, 0.1) is 0 Å². The van der Waals surface area contributed by atoms with Crippen LogP contribution in [0.4, 0.5) is 0 Å². The highest BCUT2D eigenvalue weighted by Crippen LogP contribution is 2.12. The molecule has 0 aliphatic heterocycles. The molecule has 0 atom stereocenters. The lowest BCUT2D eigenvalue weighted by Crippen LogP contribution is -2.19. The Labute approximate surface area is 170 Å². The molecule has 0 unspecified atom stereocenters. The summed E-state index contributed by atoms with van der Waals surface area (Å²) >= 11 is 0. The highest BCUT2D eigenvalue weighted by atomic mass is 35.5. The Morgan fingerprint density at radius 3 is 1.50 bits per heavy atom. The summed E-state index contributed by atoms with van der Waals surface area (Å²) in [5.74, 6) is 0.